The molecule has 0 aliphatic rings. The van der Waals surface area contributed by atoms with Crippen LogP contribution in [0.2, 0.25) is 0 Å². The first-order valence-corrected chi connectivity index (χ1v) is 6.35. The number of fused-ring (bicyclic) bond motifs is 1. The van der Waals surface area contributed by atoms with Crippen molar-refractivity contribution < 1.29 is 8.81 Å². The lowest BCUT2D eigenvalue weighted by molar-refractivity contribution is 0.598. The molecule has 0 aliphatic heterocycles. The van der Waals surface area contributed by atoms with E-state index < -0.39 is 5.82 Å². The quantitative estimate of drug-likeness (QED) is 0.661. The summed E-state index contributed by atoms with van der Waals surface area (Å²) in [7, 11) is 0. The number of benzene rings is 2. The van der Waals surface area contributed by atoms with E-state index in [9.17, 15) is 9.18 Å². The van der Waals surface area contributed by atoms with Crippen molar-refractivity contribution in [3.8, 4) is 11.1 Å². The summed E-state index contributed by atoms with van der Waals surface area (Å²) in [6.45, 7) is 3.90. The SMILES string of the molecule is Cc1ccc(C)c(-c2coc3ccc(F)cc3c2=O)c1. The van der Waals surface area contributed by atoms with Crippen molar-refractivity contribution in [2.75, 3.05) is 0 Å². The highest BCUT2D eigenvalue weighted by Gasteiger charge is 2.11. The molecule has 0 saturated carbocycles. The third-order valence-electron chi connectivity index (χ3n) is 3.42. The summed E-state index contributed by atoms with van der Waals surface area (Å²) in [5, 5.41) is 0.267. The van der Waals surface area contributed by atoms with Crippen LogP contribution in [0, 0.1) is 19.7 Å². The first-order chi connectivity index (χ1) is 9.56. The van der Waals surface area contributed by atoms with Crippen LogP contribution in [0.15, 0.2) is 51.9 Å². The van der Waals surface area contributed by atoms with Gasteiger partial charge in [-0.3, -0.25) is 4.79 Å². The van der Waals surface area contributed by atoms with Gasteiger partial charge in [-0.2, -0.15) is 0 Å². The second-order valence-corrected chi connectivity index (χ2v) is 4.94. The van der Waals surface area contributed by atoms with E-state index in [4.69, 9.17) is 4.42 Å². The van der Waals surface area contributed by atoms with Crippen LogP contribution < -0.4 is 5.43 Å². The summed E-state index contributed by atoms with van der Waals surface area (Å²) in [4.78, 5) is 12.5. The summed E-state index contributed by atoms with van der Waals surface area (Å²) >= 11 is 0. The maximum Gasteiger partial charge on any atom is 0.200 e. The lowest BCUT2D eigenvalue weighted by atomic mass is 9.99. The summed E-state index contributed by atoms with van der Waals surface area (Å²) in [6, 6.07) is 9.85. The fourth-order valence-corrected chi connectivity index (χ4v) is 2.32. The van der Waals surface area contributed by atoms with E-state index in [1.807, 2.05) is 32.0 Å². The molecule has 2 aromatic carbocycles. The first kappa shape index (κ1) is 12.6. The van der Waals surface area contributed by atoms with Gasteiger partial charge in [-0.25, -0.2) is 4.39 Å². The van der Waals surface area contributed by atoms with Crippen LogP contribution in [0.25, 0.3) is 22.1 Å². The van der Waals surface area contributed by atoms with Crippen molar-refractivity contribution in [2.24, 2.45) is 0 Å². The predicted molar refractivity (Wildman–Crippen MR) is 77.4 cm³/mol. The van der Waals surface area contributed by atoms with E-state index in [1.54, 1.807) is 0 Å². The molecule has 1 heterocycles. The Morgan fingerprint density at radius 1 is 1.00 bits per heavy atom. The van der Waals surface area contributed by atoms with Crippen LogP contribution in [-0.2, 0) is 0 Å². The minimum atomic E-state index is -0.442. The number of aryl methyl sites for hydroxylation is 2. The highest BCUT2D eigenvalue weighted by molar-refractivity contribution is 5.82. The second kappa shape index (κ2) is 4.60. The van der Waals surface area contributed by atoms with Crippen molar-refractivity contribution in [1.82, 2.24) is 0 Å². The Morgan fingerprint density at radius 3 is 2.60 bits per heavy atom. The first-order valence-electron chi connectivity index (χ1n) is 6.35. The molecule has 0 radical (unpaired) electrons. The van der Waals surface area contributed by atoms with Crippen molar-refractivity contribution in [3.63, 3.8) is 0 Å². The summed E-state index contributed by atoms with van der Waals surface area (Å²) in [6.07, 6.45) is 1.45. The average Bonchev–Trinajstić information content (AvgIpc) is 2.43. The van der Waals surface area contributed by atoms with Gasteiger partial charge >= 0.3 is 0 Å². The molecule has 0 N–H and O–H groups in total. The minimum Gasteiger partial charge on any atom is -0.463 e. The fraction of sp³-hybridized carbons (Fsp3) is 0.118. The lowest BCUT2D eigenvalue weighted by Crippen LogP contribution is -2.06. The molecular formula is C17H13FO2. The Hall–Kier alpha value is -2.42. The van der Waals surface area contributed by atoms with Gasteiger partial charge in [0, 0.05) is 0 Å². The largest absolute Gasteiger partial charge is 0.463 e. The van der Waals surface area contributed by atoms with E-state index >= 15 is 0 Å². The predicted octanol–water partition coefficient (Wildman–Crippen LogP) is 4.22. The molecule has 0 spiro atoms. The van der Waals surface area contributed by atoms with Crippen LogP contribution in [0.4, 0.5) is 4.39 Å². The topological polar surface area (TPSA) is 30.2 Å². The van der Waals surface area contributed by atoms with Crippen LogP contribution in [-0.4, -0.2) is 0 Å². The molecule has 0 atom stereocenters. The standard InChI is InChI=1S/C17H13FO2/c1-10-3-4-11(2)13(7-10)15-9-20-16-6-5-12(18)8-14(16)17(15)19/h3-9H,1-2H3. The number of hydrogen-bond acceptors (Lipinski definition) is 2. The van der Waals surface area contributed by atoms with Gasteiger partial charge in [0.2, 0.25) is 5.43 Å². The van der Waals surface area contributed by atoms with Gasteiger partial charge in [0.1, 0.15) is 17.7 Å². The van der Waals surface area contributed by atoms with Gasteiger partial charge in [-0.15, -0.1) is 0 Å². The molecule has 1 aromatic heterocycles. The lowest BCUT2D eigenvalue weighted by Gasteiger charge is -2.07. The van der Waals surface area contributed by atoms with Gasteiger partial charge < -0.3 is 4.42 Å². The molecule has 0 bridgehead atoms. The van der Waals surface area contributed by atoms with Crippen LogP contribution in [0.5, 0.6) is 0 Å². The third kappa shape index (κ3) is 2.01. The summed E-state index contributed by atoms with van der Waals surface area (Å²) < 4.78 is 18.8. The average molecular weight is 268 g/mol. The van der Waals surface area contributed by atoms with Gasteiger partial charge in [0.25, 0.3) is 0 Å². The zero-order valence-corrected chi connectivity index (χ0v) is 11.2. The second-order valence-electron chi connectivity index (χ2n) is 4.94. The minimum absolute atomic E-state index is 0.209. The third-order valence-corrected chi connectivity index (χ3v) is 3.42. The molecule has 3 rings (SSSR count). The van der Waals surface area contributed by atoms with E-state index in [1.165, 1.54) is 24.5 Å². The molecule has 0 fully saturated rings. The van der Waals surface area contributed by atoms with Gasteiger partial charge in [0.05, 0.1) is 10.9 Å². The van der Waals surface area contributed by atoms with Gasteiger partial charge in [-0.05, 0) is 43.2 Å². The Balaban J connectivity index is 2.35. The molecule has 0 unspecified atom stereocenters. The van der Waals surface area contributed by atoms with E-state index in [0.29, 0.717) is 11.1 Å². The number of hydrogen-bond donors (Lipinski definition) is 0. The van der Waals surface area contributed by atoms with Crippen molar-refractivity contribution in [2.45, 2.75) is 13.8 Å². The zero-order chi connectivity index (χ0) is 14.3. The highest BCUT2D eigenvalue weighted by Crippen LogP contribution is 2.24. The zero-order valence-electron chi connectivity index (χ0n) is 11.2. The van der Waals surface area contributed by atoms with Crippen LogP contribution in [0.1, 0.15) is 11.1 Å². The normalized spacial score (nSPS) is 10.9. The number of halogens is 1. The molecule has 3 aromatic rings. The van der Waals surface area contributed by atoms with Gasteiger partial charge in [0.15, 0.2) is 0 Å². The van der Waals surface area contributed by atoms with Crippen molar-refractivity contribution >= 4 is 11.0 Å². The molecule has 0 aliphatic carbocycles. The maximum absolute atomic E-state index is 13.3. The van der Waals surface area contributed by atoms with E-state index in [0.717, 1.165) is 16.7 Å². The maximum atomic E-state index is 13.3. The van der Waals surface area contributed by atoms with Crippen molar-refractivity contribution in [3.05, 3.63) is 69.8 Å². The molecule has 100 valence electrons. The van der Waals surface area contributed by atoms with Crippen LogP contribution in [0.3, 0.4) is 0 Å². The molecule has 2 nitrogen and oxygen atoms in total. The molecule has 0 saturated heterocycles. The smallest absolute Gasteiger partial charge is 0.200 e. The summed E-state index contributed by atoms with van der Waals surface area (Å²) in [5.41, 5.74) is 3.52. The van der Waals surface area contributed by atoms with E-state index in [-0.39, 0.29) is 10.8 Å². The molecular weight excluding hydrogens is 255 g/mol. The monoisotopic (exact) mass is 268 g/mol. The van der Waals surface area contributed by atoms with Gasteiger partial charge in [-0.1, -0.05) is 23.8 Å². The van der Waals surface area contributed by atoms with E-state index in [2.05, 4.69) is 0 Å². The highest BCUT2D eigenvalue weighted by atomic mass is 19.1. The van der Waals surface area contributed by atoms with Crippen LogP contribution >= 0.6 is 0 Å². The Labute approximate surface area is 115 Å². The fourth-order valence-electron chi connectivity index (χ4n) is 2.32. The Bertz CT molecular complexity index is 862. The van der Waals surface area contributed by atoms with Crippen molar-refractivity contribution in [1.29, 1.82) is 0 Å². The Kier molecular flexibility index (Phi) is 2.90. The summed E-state index contributed by atoms with van der Waals surface area (Å²) in [5.74, 6) is -0.442. The number of rotatable bonds is 1. The molecule has 0 amide bonds. The molecule has 3 heteroatoms. The molecule has 20 heavy (non-hydrogen) atoms. The Morgan fingerprint density at radius 2 is 1.80 bits per heavy atom.